The molecule has 0 bridgehead atoms. The van der Waals surface area contributed by atoms with Crippen LogP contribution in [0.2, 0.25) is 0 Å². The number of hydrogen-bond donors (Lipinski definition) is 0. The third-order valence-electron chi connectivity index (χ3n) is 1.83. The van der Waals surface area contributed by atoms with Crippen molar-refractivity contribution in [3.05, 3.63) is 0 Å². The summed E-state index contributed by atoms with van der Waals surface area (Å²) in [7, 11) is 0. The molecule has 0 amide bonds. The first kappa shape index (κ1) is 14.6. The lowest BCUT2D eigenvalue weighted by Crippen LogP contribution is -2.22. The molecule has 0 spiro atoms. The second-order valence-electron chi connectivity index (χ2n) is 3.19. The number of hydrogen-bond acceptors (Lipinski definition) is 9. The van der Waals surface area contributed by atoms with E-state index in [0.29, 0.717) is 0 Å². The van der Waals surface area contributed by atoms with Crippen molar-refractivity contribution >= 4 is 34.1 Å². The topological polar surface area (TPSA) is 107 Å². The van der Waals surface area contributed by atoms with Gasteiger partial charge in [-0.1, -0.05) is 0 Å². The summed E-state index contributed by atoms with van der Waals surface area (Å²) in [5, 5.41) is 0. The highest BCUT2D eigenvalue weighted by molar-refractivity contribution is 7.75. The Morgan fingerprint density at radius 2 is 1.44 bits per heavy atom. The van der Waals surface area contributed by atoms with Crippen LogP contribution >= 0.6 is 0 Å². The standard InChI is InChI=1S/C6H10O9S3/c7-16(10-1-5-3-12-17(8)14-5)11-2-6-4-13-18(9)15-6/h5-6H,1-4H2/t5-,6+,16?,17-,18+. The second-order valence-corrected chi connectivity index (χ2v) is 5.74. The van der Waals surface area contributed by atoms with Gasteiger partial charge in [-0.05, 0) is 0 Å². The van der Waals surface area contributed by atoms with E-state index < -0.39 is 46.3 Å². The first-order valence-electron chi connectivity index (χ1n) is 4.76. The lowest BCUT2D eigenvalue weighted by molar-refractivity contribution is 0.122. The lowest BCUT2D eigenvalue weighted by Gasteiger charge is -2.08. The molecule has 1 unspecified atom stereocenters. The predicted octanol–water partition coefficient (Wildman–Crippen LogP) is -1.41. The maximum absolute atomic E-state index is 11.2. The Morgan fingerprint density at radius 1 is 1.00 bits per heavy atom. The first-order chi connectivity index (χ1) is 8.63. The molecule has 0 radical (unpaired) electrons. The molecule has 12 heteroatoms. The lowest BCUT2D eigenvalue weighted by atomic mass is 10.4. The summed E-state index contributed by atoms with van der Waals surface area (Å²) in [6, 6.07) is 0. The second kappa shape index (κ2) is 7.12. The van der Waals surface area contributed by atoms with Gasteiger partial charge in [-0.2, -0.15) is 12.6 Å². The van der Waals surface area contributed by atoms with Crippen molar-refractivity contribution in [1.29, 1.82) is 0 Å². The summed E-state index contributed by atoms with van der Waals surface area (Å²) in [5.74, 6) is 0. The van der Waals surface area contributed by atoms with Crippen LogP contribution in [0.25, 0.3) is 0 Å². The van der Waals surface area contributed by atoms with Gasteiger partial charge >= 0.3 is 34.1 Å². The summed E-state index contributed by atoms with van der Waals surface area (Å²) >= 11 is -5.54. The van der Waals surface area contributed by atoms with E-state index in [1.807, 2.05) is 0 Å². The Bertz CT molecular complexity index is 328. The van der Waals surface area contributed by atoms with Crippen molar-refractivity contribution in [2.45, 2.75) is 12.2 Å². The molecule has 2 heterocycles. The number of rotatable bonds is 6. The molecule has 5 atom stereocenters. The Balaban J connectivity index is 1.57. The van der Waals surface area contributed by atoms with Crippen LogP contribution in [0.5, 0.6) is 0 Å². The van der Waals surface area contributed by atoms with Gasteiger partial charge in [0, 0.05) is 0 Å². The van der Waals surface area contributed by atoms with Crippen molar-refractivity contribution < 1.29 is 37.7 Å². The third-order valence-corrected chi connectivity index (χ3v) is 4.00. The molecule has 0 aromatic rings. The summed E-state index contributed by atoms with van der Waals surface area (Å²) in [4.78, 5) is 0. The Kier molecular flexibility index (Phi) is 5.78. The molecular formula is C6H10O9S3. The van der Waals surface area contributed by atoms with Crippen molar-refractivity contribution in [1.82, 2.24) is 0 Å². The fourth-order valence-corrected chi connectivity index (χ4v) is 2.94. The minimum absolute atomic E-state index is 0.0771. The van der Waals surface area contributed by atoms with Crippen molar-refractivity contribution in [3.8, 4) is 0 Å². The average molecular weight is 322 g/mol. The van der Waals surface area contributed by atoms with Gasteiger partial charge in [-0.25, -0.2) is 0 Å². The van der Waals surface area contributed by atoms with Gasteiger partial charge in [0.25, 0.3) is 0 Å². The van der Waals surface area contributed by atoms with Gasteiger partial charge in [0.05, 0.1) is 26.4 Å². The van der Waals surface area contributed by atoms with Gasteiger partial charge in [-0.15, -0.1) is 0 Å². The van der Waals surface area contributed by atoms with E-state index in [9.17, 15) is 12.6 Å². The maximum Gasteiger partial charge on any atom is 0.305 e. The van der Waals surface area contributed by atoms with E-state index in [1.165, 1.54) is 0 Å². The zero-order valence-electron chi connectivity index (χ0n) is 8.88. The highest BCUT2D eigenvalue weighted by Crippen LogP contribution is 2.11. The van der Waals surface area contributed by atoms with Crippen LogP contribution in [-0.4, -0.2) is 51.3 Å². The predicted molar refractivity (Wildman–Crippen MR) is 58.0 cm³/mol. The molecule has 0 aromatic carbocycles. The zero-order valence-corrected chi connectivity index (χ0v) is 11.3. The van der Waals surface area contributed by atoms with E-state index in [-0.39, 0.29) is 26.4 Å². The van der Waals surface area contributed by atoms with Crippen LogP contribution in [-0.2, 0) is 59.2 Å². The Labute approximate surface area is 111 Å². The van der Waals surface area contributed by atoms with E-state index in [1.54, 1.807) is 0 Å². The van der Waals surface area contributed by atoms with Gasteiger partial charge in [0.1, 0.15) is 12.2 Å². The quantitative estimate of drug-likeness (QED) is 0.582. The normalized spacial score (nSPS) is 38.0. The van der Waals surface area contributed by atoms with E-state index in [0.717, 1.165) is 0 Å². The molecular weight excluding hydrogens is 312 g/mol. The van der Waals surface area contributed by atoms with Crippen LogP contribution < -0.4 is 0 Å². The molecule has 0 saturated carbocycles. The molecule has 0 N–H and O–H groups in total. The van der Waals surface area contributed by atoms with Crippen LogP contribution in [0.3, 0.4) is 0 Å². The Morgan fingerprint density at radius 3 is 1.78 bits per heavy atom. The highest BCUT2D eigenvalue weighted by Gasteiger charge is 2.26. The monoisotopic (exact) mass is 322 g/mol. The third kappa shape index (κ3) is 4.71. The van der Waals surface area contributed by atoms with Crippen molar-refractivity contribution in [3.63, 3.8) is 0 Å². The average Bonchev–Trinajstić information content (AvgIpc) is 2.93. The van der Waals surface area contributed by atoms with Crippen LogP contribution in [0.15, 0.2) is 0 Å². The van der Waals surface area contributed by atoms with Gasteiger partial charge in [-0.3, -0.25) is 25.1 Å². The Hall–Kier alpha value is 0.210. The molecule has 2 fully saturated rings. The van der Waals surface area contributed by atoms with Crippen molar-refractivity contribution in [2.75, 3.05) is 26.4 Å². The van der Waals surface area contributed by atoms with E-state index in [4.69, 9.17) is 16.7 Å². The summed E-state index contributed by atoms with van der Waals surface area (Å²) in [6.45, 7) is 0.0450. The molecule has 2 saturated heterocycles. The molecule has 2 rings (SSSR count). The fraction of sp³-hybridized carbons (Fsp3) is 1.00. The van der Waals surface area contributed by atoms with Gasteiger partial charge < -0.3 is 0 Å². The van der Waals surface area contributed by atoms with Crippen LogP contribution in [0, 0.1) is 0 Å². The largest absolute Gasteiger partial charge is 0.305 e. The molecule has 2 aliphatic heterocycles. The first-order valence-corrected chi connectivity index (χ1v) is 7.76. The van der Waals surface area contributed by atoms with Gasteiger partial charge in [0.15, 0.2) is 0 Å². The molecule has 9 nitrogen and oxygen atoms in total. The van der Waals surface area contributed by atoms with Gasteiger partial charge in [0.2, 0.25) is 0 Å². The SMILES string of the molecule is O=S(OC[C@@H]1CO[S@@](=O)O1)OC[C@H]1CO[S@](=O)O1. The van der Waals surface area contributed by atoms with E-state index in [2.05, 4.69) is 8.37 Å². The van der Waals surface area contributed by atoms with Crippen molar-refractivity contribution in [2.24, 2.45) is 0 Å². The van der Waals surface area contributed by atoms with E-state index >= 15 is 0 Å². The maximum atomic E-state index is 11.2. The minimum atomic E-state index is -2.00. The molecule has 18 heavy (non-hydrogen) atoms. The molecule has 2 aliphatic rings. The van der Waals surface area contributed by atoms with Crippen LogP contribution in [0.1, 0.15) is 0 Å². The molecule has 106 valence electrons. The molecule has 0 aromatic heterocycles. The summed E-state index contributed by atoms with van der Waals surface area (Å²) in [5.41, 5.74) is 0. The summed E-state index contributed by atoms with van der Waals surface area (Å²) in [6.07, 6.45) is -1.09. The summed E-state index contributed by atoms with van der Waals surface area (Å²) < 4.78 is 60.9. The smallest absolute Gasteiger partial charge is 0.266 e. The fourth-order valence-electron chi connectivity index (χ4n) is 1.04. The van der Waals surface area contributed by atoms with Crippen LogP contribution in [0.4, 0.5) is 0 Å². The minimum Gasteiger partial charge on any atom is -0.266 e. The molecule has 0 aliphatic carbocycles. The zero-order chi connectivity index (χ0) is 13.0. The highest BCUT2D eigenvalue weighted by atomic mass is 32.2.